The van der Waals surface area contributed by atoms with E-state index in [-0.39, 0.29) is 6.09 Å². The first kappa shape index (κ1) is 18.5. The molecule has 142 valence electrons. The van der Waals surface area contributed by atoms with Crippen molar-refractivity contribution in [2.75, 3.05) is 31.1 Å². The average molecular weight is 358 g/mol. The molecule has 0 aliphatic carbocycles. The number of rotatable bonds is 3. The molecule has 0 spiro atoms. The van der Waals surface area contributed by atoms with Gasteiger partial charge in [0.1, 0.15) is 5.60 Å². The quantitative estimate of drug-likeness (QED) is 0.838. The molecule has 1 saturated heterocycles. The standard InChI is InChI=1S/C20H30N4O2/c1-15(2)14-24-18-7-6-17(12-16(18)13-21-24)22-8-10-23(11-9-22)19(25)26-20(3,4)5/h6-7,12-13,15H,8-11,14H2,1-5H3. The molecule has 26 heavy (non-hydrogen) atoms. The summed E-state index contributed by atoms with van der Waals surface area (Å²) in [5.74, 6) is 0.568. The van der Waals surface area contributed by atoms with Gasteiger partial charge in [-0.15, -0.1) is 0 Å². The number of carbonyl (C=O) groups is 1. The van der Waals surface area contributed by atoms with E-state index in [2.05, 4.69) is 46.7 Å². The normalized spacial score (nSPS) is 15.8. The molecule has 1 fully saturated rings. The van der Waals surface area contributed by atoms with Crippen LogP contribution in [0.3, 0.4) is 0 Å². The van der Waals surface area contributed by atoms with Gasteiger partial charge in [-0.1, -0.05) is 13.8 Å². The molecule has 6 nitrogen and oxygen atoms in total. The Morgan fingerprint density at radius 2 is 1.88 bits per heavy atom. The summed E-state index contributed by atoms with van der Waals surface area (Å²) in [6.07, 6.45) is 1.72. The van der Waals surface area contributed by atoms with Gasteiger partial charge in [-0.25, -0.2) is 4.79 Å². The highest BCUT2D eigenvalue weighted by Crippen LogP contribution is 2.24. The van der Waals surface area contributed by atoms with E-state index in [4.69, 9.17) is 4.74 Å². The van der Waals surface area contributed by atoms with E-state index in [1.165, 1.54) is 11.2 Å². The van der Waals surface area contributed by atoms with Crippen molar-refractivity contribution < 1.29 is 9.53 Å². The second-order valence-corrected chi connectivity index (χ2v) is 8.42. The van der Waals surface area contributed by atoms with Crippen molar-refractivity contribution in [3.63, 3.8) is 0 Å². The number of ether oxygens (including phenoxy) is 1. The third-order valence-corrected chi connectivity index (χ3v) is 4.46. The van der Waals surface area contributed by atoms with E-state index >= 15 is 0 Å². The highest BCUT2D eigenvalue weighted by Gasteiger charge is 2.26. The molecule has 0 N–H and O–H groups in total. The van der Waals surface area contributed by atoms with Crippen molar-refractivity contribution in [3.05, 3.63) is 24.4 Å². The fourth-order valence-electron chi connectivity index (χ4n) is 3.24. The van der Waals surface area contributed by atoms with Gasteiger partial charge < -0.3 is 14.5 Å². The minimum atomic E-state index is -0.449. The van der Waals surface area contributed by atoms with Gasteiger partial charge >= 0.3 is 6.09 Å². The number of hydrogen-bond donors (Lipinski definition) is 0. The number of carbonyl (C=O) groups excluding carboxylic acids is 1. The maximum atomic E-state index is 12.2. The second-order valence-electron chi connectivity index (χ2n) is 8.42. The zero-order valence-electron chi connectivity index (χ0n) is 16.5. The third-order valence-electron chi connectivity index (χ3n) is 4.46. The van der Waals surface area contributed by atoms with Crippen LogP contribution >= 0.6 is 0 Å². The Balaban J connectivity index is 1.65. The lowest BCUT2D eigenvalue weighted by Crippen LogP contribution is -2.50. The van der Waals surface area contributed by atoms with Gasteiger partial charge in [0.2, 0.25) is 0 Å². The lowest BCUT2D eigenvalue weighted by atomic mass is 10.2. The molecule has 2 heterocycles. The fraction of sp³-hybridized carbons (Fsp3) is 0.600. The predicted octanol–water partition coefficient (Wildman–Crippen LogP) is 3.75. The van der Waals surface area contributed by atoms with Gasteiger partial charge in [-0.3, -0.25) is 4.68 Å². The number of fused-ring (bicyclic) bond motifs is 1. The van der Waals surface area contributed by atoms with Crippen LogP contribution in [0, 0.1) is 5.92 Å². The summed E-state index contributed by atoms with van der Waals surface area (Å²) in [6, 6.07) is 6.51. The van der Waals surface area contributed by atoms with Crippen LogP contribution in [-0.4, -0.2) is 52.6 Å². The lowest BCUT2D eigenvalue weighted by molar-refractivity contribution is 0.0240. The van der Waals surface area contributed by atoms with Crippen LogP contribution in [0.5, 0.6) is 0 Å². The van der Waals surface area contributed by atoms with Crippen LogP contribution in [0.4, 0.5) is 10.5 Å². The molecule has 0 unspecified atom stereocenters. The minimum Gasteiger partial charge on any atom is -0.444 e. The van der Waals surface area contributed by atoms with Crippen molar-refractivity contribution in [1.82, 2.24) is 14.7 Å². The van der Waals surface area contributed by atoms with E-state index in [1.54, 1.807) is 4.90 Å². The Morgan fingerprint density at radius 3 is 2.50 bits per heavy atom. The Bertz CT molecular complexity index is 768. The molecule has 1 amide bonds. The number of amides is 1. The van der Waals surface area contributed by atoms with E-state index in [9.17, 15) is 4.79 Å². The predicted molar refractivity (Wildman–Crippen MR) is 105 cm³/mol. The molecule has 0 bridgehead atoms. The molecule has 1 aromatic carbocycles. The molecule has 0 saturated carbocycles. The van der Waals surface area contributed by atoms with Gasteiger partial charge in [0.25, 0.3) is 0 Å². The Kier molecular flexibility index (Phi) is 5.12. The lowest BCUT2D eigenvalue weighted by Gasteiger charge is -2.36. The Labute approximate surface area is 155 Å². The number of hydrogen-bond acceptors (Lipinski definition) is 4. The highest BCUT2D eigenvalue weighted by atomic mass is 16.6. The van der Waals surface area contributed by atoms with Crippen molar-refractivity contribution in [1.29, 1.82) is 0 Å². The van der Waals surface area contributed by atoms with Crippen LogP contribution in [0.1, 0.15) is 34.6 Å². The third kappa shape index (κ3) is 4.29. The van der Waals surface area contributed by atoms with E-state index in [0.29, 0.717) is 19.0 Å². The van der Waals surface area contributed by atoms with Crippen LogP contribution < -0.4 is 4.90 Å². The molecular weight excluding hydrogens is 328 g/mol. The maximum Gasteiger partial charge on any atom is 0.410 e. The molecule has 2 aromatic rings. The molecule has 1 aromatic heterocycles. The molecule has 0 radical (unpaired) electrons. The Hall–Kier alpha value is -2.24. The first-order chi connectivity index (χ1) is 12.2. The van der Waals surface area contributed by atoms with Crippen LogP contribution in [0.25, 0.3) is 10.9 Å². The summed E-state index contributed by atoms with van der Waals surface area (Å²) in [7, 11) is 0. The van der Waals surface area contributed by atoms with Crippen molar-refractivity contribution in [3.8, 4) is 0 Å². The minimum absolute atomic E-state index is 0.220. The van der Waals surface area contributed by atoms with E-state index in [1.807, 2.05) is 27.0 Å². The SMILES string of the molecule is CC(C)Cn1ncc2cc(N3CCN(C(=O)OC(C)(C)C)CC3)ccc21. The summed E-state index contributed by atoms with van der Waals surface area (Å²) in [5.41, 5.74) is 1.91. The number of piperazine rings is 1. The van der Waals surface area contributed by atoms with E-state index in [0.717, 1.165) is 25.0 Å². The first-order valence-electron chi connectivity index (χ1n) is 9.41. The molecule has 1 aliphatic rings. The summed E-state index contributed by atoms with van der Waals surface area (Å²) in [5, 5.41) is 5.68. The summed E-state index contributed by atoms with van der Waals surface area (Å²) in [6.45, 7) is 14.0. The van der Waals surface area contributed by atoms with Gasteiger partial charge in [0.15, 0.2) is 0 Å². The van der Waals surface area contributed by atoms with Crippen molar-refractivity contribution >= 4 is 22.7 Å². The largest absolute Gasteiger partial charge is 0.444 e. The highest BCUT2D eigenvalue weighted by molar-refractivity contribution is 5.82. The van der Waals surface area contributed by atoms with Crippen molar-refractivity contribution in [2.45, 2.75) is 46.8 Å². The average Bonchev–Trinajstić information content (AvgIpc) is 2.95. The molecule has 1 aliphatic heterocycles. The van der Waals surface area contributed by atoms with Crippen molar-refractivity contribution in [2.24, 2.45) is 5.92 Å². The smallest absolute Gasteiger partial charge is 0.410 e. The zero-order chi connectivity index (χ0) is 18.9. The van der Waals surface area contributed by atoms with Crippen LogP contribution in [-0.2, 0) is 11.3 Å². The zero-order valence-corrected chi connectivity index (χ0v) is 16.5. The van der Waals surface area contributed by atoms with Gasteiger partial charge in [-0.2, -0.15) is 5.10 Å². The summed E-state index contributed by atoms with van der Waals surface area (Å²) < 4.78 is 7.54. The molecular formula is C20H30N4O2. The molecule has 3 rings (SSSR count). The van der Waals surface area contributed by atoms with Gasteiger partial charge in [0, 0.05) is 43.8 Å². The molecule has 6 heteroatoms. The second kappa shape index (κ2) is 7.17. The summed E-state index contributed by atoms with van der Waals surface area (Å²) >= 11 is 0. The number of nitrogens with zero attached hydrogens (tertiary/aromatic N) is 4. The molecule has 0 atom stereocenters. The van der Waals surface area contributed by atoms with Gasteiger partial charge in [-0.05, 0) is 44.9 Å². The number of aromatic nitrogens is 2. The number of benzene rings is 1. The van der Waals surface area contributed by atoms with Crippen LogP contribution in [0.2, 0.25) is 0 Å². The van der Waals surface area contributed by atoms with Gasteiger partial charge in [0.05, 0.1) is 11.7 Å². The topological polar surface area (TPSA) is 50.6 Å². The summed E-state index contributed by atoms with van der Waals surface area (Å²) in [4.78, 5) is 16.3. The Morgan fingerprint density at radius 1 is 1.19 bits per heavy atom. The van der Waals surface area contributed by atoms with Crippen LogP contribution in [0.15, 0.2) is 24.4 Å². The van der Waals surface area contributed by atoms with E-state index < -0.39 is 5.60 Å². The first-order valence-corrected chi connectivity index (χ1v) is 9.41. The maximum absolute atomic E-state index is 12.2. The monoisotopic (exact) mass is 358 g/mol. The number of anilines is 1. The fourth-order valence-corrected chi connectivity index (χ4v) is 3.24.